The molecule has 7 rings (SSSR count). The van der Waals surface area contributed by atoms with Crippen LogP contribution >= 0.6 is 79.4 Å². The Labute approximate surface area is 405 Å². The van der Waals surface area contributed by atoms with Crippen molar-refractivity contribution in [2.24, 2.45) is 0 Å². The third kappa shape index (κ3) is 12.6. The second-order valence-corrected chi connectivity index (χ2v) is 28.5. The maximum Gasteiger partial charge on any atom is 0.181 e. The van der Waals surface area contributed by atoms with Gasteiger partial charge in [0.05, 0.1) is 21.3 Å². The highest BCUT2D eigenvalue weighted by molar-refractivity contribution is 7.95. The largest absolute Gasteiger partial charge is 0.224 e. The van der Waals surface area contributed by atoms with Gasteiger partial charge in [0.15, 0.2) is 19.7 Å². The van der Waals surface area contributed by atoms with Crippen LogP contribution in [0.2, 0.25) is 0 Å². The predicted octanol–water partition coefficient (Wildman–Crippen LogP) is 18.6. The van der Waals surface area contributed by atoms with Crippen molar-refractivity contribution in [1.29, 1.82) is 0 Å². The van der Waals surface area contributed by atoms with Gasteiger partial charge in [0, 0.05) is 58.5 Å². The summed E-state index contributed by atoms with van der Waals surface area (Å²) in [4.78, 5) is 14.5. The molecule has 7 aromatic rings. The van der Waals surface area contributed by atoms with Crippen molar-refractivity contribution in [2.45, 2.75) is 140 Å². The summed E-state index contributed by atoms with van der Waals surface area (Å²) in [5.74, 6) is -0.123. The number of aryl methyl sites for hydroxylation is 2. The molecule has 0 saturated carbocycles. The second kappa shape index (κ2) is 23.0. The Bertz CT molecular complexity index is 2560. The fraction of sp³-hybridized carbons (Fsp3) is 0.440. The number of sulfone groups is 2. The van der Waals surface area contributed by atoms with Gasteiger partial charge in [-0.05, 0) is 99.5 Å². The lowest BCUT2D eigenvalue weighted by atomic mass is 10.1. The van der Waals surface area contributed by atoms with E-state index in [-0.39, 0.29) is 21.3 Å². The van der Waals surface area contributed by atoms with Crippen LogP contribution in [0, 0.1) is 13.8 Å². The van der Waals surface area contributed by atoms with Crippen molar-refractivity contribution < 1.29 is 16.8 Å². The molecule has 0 bridgehead atoms. The molecule has 338 valence electrons. The lowest BCUT2D eigenvalue weighted by molar-refractivity contribution is 0.566. The number of hydrogen-bond donors (Lipinski definition) is 0. The monoisotopic (exact) mass is 1010 g/mol. The Balaban J connectivity index is 1.27. The third-order valence-corrected chi connectivity index (χ3v) is 24.1. The van der Waals surface area contributed by atoms with E-state index in [0.717, 1.165) is 67.8 Å². The van der Waals surface area contributed by atoms with Crippen LogP contribution in [0.5, 0.6) is 0 Å². The van der Waals surface area contributed by atoms with Crippen molar-refractivity contribution >= 4 is 99.0 Å². The molecular weight excluding hydrogens is 953 g/mol. The molecule has 0 radical (unpaired) electrons. The third-order valence-electron chi connectivity index (χ3n) is 11.3. The molecule has 0 aliphatic carbocycles. The van der Waals surface area contributed by atoms with Crippen LogP contribution in [0.15, 0.2) is 82.6 Å². The standard InChI is InChI=1S/C50H60O4S9/c1-5-7-9-11-13-15-17-19-33-62(51,52)49-47(45-31-29-43(59-45)41-27-25-39(57-41)37-23-21-35(3)55-37)61-48(50(49)63(53,54)34-20-18-16-14-12-10-8-6-2)46-32-30-44(60-46)42-28-26-40(58-42)38-24-22-36(4)56-38/h21-32H,5-20,33-34H2,1-4H3. The van der Waals surface area contributed by atoms with Gasteiger partial charge in [-0.3, -0.25) is 0 Å². The molecule has 0 aromatic carbocycles. The average Bonchev–Trinajstić information content (AvgIpc) is 4.10. The van der Waals surface area contributed by atoms with Gasteiger partial charge in [0.2, 0.25) is 0 Å². The van der Waals surface area contributed by atoms with E-state index in [2.05, 4.69) is 88.4 Å². The summed E-state index contributed by atoms with van der Waals surface area (Å²) in [5, 5.41) is 0. The molecular formula is C50H60O4S9. The van der Waals surface area contributed by atoms with Gasteiger partial charge in [0.1, 0.15) is 9.79 Å². The first-order valence-electron chi connectivity index (χ1n) is 22.6. The van der Waals surface area contributed by atoms with Crippen molar-refractivity contribution in [3.63, 3.8) is 0 Å². The van der Waals surface area contributed by atoms with Crippen molar-refractivity contribution in [1.82, 2.24) is 0 Å². The second-order valence-electron chi connectivity index (χ2n) is 16.5. The molecule has 7 heterocycles. The Morgan fingerprint density at radius 2 is 0.571 bits per heavy atom. The van der Waals surface area contributed by atoms with Crippen LogP contribution in [-0.4, -0.2) is 28.3 Å². The van der Waals surface area contributed by atoms with E-state index in [1.807, 2.05) is 12.1 Å². The first kappa shape index (κ1) is 48.7. The van der Waals surface area contributed by atoms with Crippen LogP contribution in [0.1, 0.15) is 126 Å². The normalized spacial score (nSPS) is 12.3. The van der Waals surface area contributed by atoms with E-state index in [1.165, 1.54) is 92.0 Å². The zero-order chi connectivity index (χ0) is 44.4. The highest BCUT2D eigenvalue weighted by atomic mass is 32.2. The van der Waals surface area contributed by atoms with Crippen LogP contribution in [-0.2, 0) is 19.7 Å². The molecule has 4 nitrogen and oxygen atoms in total. The van der Waals surface area contributed by atoms with Crippen LogP contribution in [0.3, 0.4) is 0 Å². The number of rotatable bonds is 26. The van der Waals surface area contributed by atoms with E-state index in [0.29, 0.717) is 22.6 Å². The minimum absolute atomic E-state index is 0.0285. The summed E-state index contributed by atoms with van der Waals surface area (Å²) >= 11 is 11.5. The SMILES string of the molecule is CCCCCCCCCCS(=O)(=O)c1c(-c2ccc(-c3ccc(-c4ccc(C)s4)s3)s2)sc(-c2ccc(-c3ccc(-c4ccc(C)s4)s3)s2)c1S(=O)(=O)CCCCCCCCCC. The maximum absolute atomic E-state index is 15.0. The number of thiophene rings is 7. The zero-order valence-corrected chi connectivity index (χ0v) is 44.3. The molecule has 0 N–H and O–H groups in total. The Hall–Kier alpha value is -2.20. The van der Waals surface area contributed by atoms with Gasteiger partial charge < -0.3 is 0 Å². The number of hydrogen-bond acceptors (Lipinski definition) is 11. The first-order chi connectivity index (χ1) is 30.5. The highest BCUT2D eigenvalue weighted by Gasteiger charge is 2.37. The fourth-order valence-corrected chi connectivity index (χ4v) is 20.5. The van der Waals surface area contributed by atoms with E-state index in [4.69, 9.17) is 0 Å². The molecule has 0 aliphatic heterocycles. The van der Waals surface area contributed by atoms with Gasteiger partial charge in [0.25, 0.3) is 0 Å². The molecule has 0 aliphatic rings. The minimum atomic E-state index is -4.00. The van der Waals surface area contributed by atoms with Gasteiger partial charge in [-0.1, -0.05) is 104 Å². The summed E-state index contributed by atoms with van der Waals surface area (Å²) in [6.07, 6.45) is 16.4. The summed E-state index contributed by atoms with van der Waals surface area (Å²) in [6.45, 7) is 8.67. The molecule has 0 saturated heterocycles. The van der Waals surface area contributed by atoms with Gasteiger partial charge in [-0.2, -0.15) is 0 Å². The zero-order valence-electron chi connectivity index (χ0n) is 37.0. The van der Waals surface area contributed by atoms with Crippen molar-refractivity contribution in [3.8, 4) is 58.5 Å². The number of unbranched alkanes of at least 4 members (excludes halogenated alkanes) is 14. The molecule has 7 aromatic heterocycles. The maximum atomic E-state index is 15.0. The summed E-state index contributed by atoms with van der Waals surface area (Å²) in [6, 6.07) is 25.4. The predicted molar refractivity (Wildman–Crippen MR) is 283 cm³/mol. The lowest BCUT2D eigenvalue weighted by Crippen LogP contribution is -2.15. The quantitative estimate of drug-likeness (QED) is 0.0507. The molecule has 0 fully saturated rings. The Morgan fingerprint density at radius 3 is 0.873 bits per heavy atom. The molecule has 0 spiro atoms. The molecule has 0 amide bonds. The van der Waals surface area contributed by atoms with Crippen LogP contribution in [0.25, 0.3) is 58.5 Å². The van der Waals surface area contributed by atoms with Gasteiger partial charge in [-0.25, -0.2) is 16.8 Å². The summed E-state index contributed by atoms with van der Waals surface area (Å²) < 4.78 is 59.9. The van der Waals surface area contributed by atoms with Crippen molar-refractivity contribution in [3.05, 3.63) is 82.6 Å². The molecule has 0 atom stereocenters. The first-order valence-corrected chi connectivity index (χ1v) is 31.7. The van der Waals surface area contributed by atoms with Crippen LogP contribution < -0.4 is 0 Å². The van der Waals surface area contributed by atoms with Crippen LogP contribution in [0.4, 0.5) is 0 Å². The van der Waals surface area contributed by atoms with Gasteiger partial charge >= 0.3 is 0 Å². The minimum Gasteiger partial charge on any atom is -0.224 e. The van der Waals surface area contributed by atoms with E-state index in [1.54, 1.807) is 68.0 Å². The smallest absolute Gasteiger partial charge is 0.181 e. The summed E-state index contributed by atoms with van der Waals surface area (Å²) in [7, 11) is -7.99. The highest BCUT2D eigenvalue weighted by Crippen LogP contribution is 2.53. The average molecular weight is 1010 g/mol. The van der Waals surface area contributed by atoms with Gasteiger partial charge in [-0.15, -0.1) is 79.4 Å². The van der Waals surface area contributed by atoms with E-state index < -0.39 is 19.7 Å². The molecule has 63 heavy (non-hydrogen) atoms. The topological polar surface area (TPSA) is 68.3 Å². The Kier molecular flexibility index (Phi) is 17.8. The molecule has 13 heteroatoms. The molecule has 0 unspecified atom stereocenters. The Morgan fingerprint density at radius 1 is 0.317 bits per heavy atom. The van der Waals surface area contributed by atoms with E-state index >= 15 is 0 Å². The summed E-state index contributed by atoms with van der Waals surface area (Å²) in [5.41, 5.74) is 0. The lowest BCUT2D eigenvalue weighted by Gasteiger charge is -2.11. The van der Waals surface area contributed by atoms with E-state index in [9.17, 15) is 16.8 Å². The van der Waals surface area contributed by atoms with Crippen molar-refractivity contribution in [2.75, 3.05) is 11.5 Å². The fourth-order valence-electron chi connectivity index (χ4n) is 7.87.